The number of nitrogens with one attached hydrogen (secondary N) is 2. The first-order valence-electron chi connectivity index (χ1n) is 9.42. The number of hydrogen-bond donors (Lipinski definition) is 3. The van der Waals surface area contributed by atoms with Gasteiger partial charge < -0.3 is 15.4 Å². The zero-order valence-corrected chi connectivity index (χ0v) is 16.4. The number of quaternary nitrogens is 1. The molecule has 4 N–H and O–H groups in total. The second kappa shape index (κ2) is 11.1. The molecule has 6 nitrogen and oxygen atoms in total. The van der Waals surface area contributed by atoms with Gasteiger partial charge in [0.05, 0.1) is 0 Å². The molecule has 3 amide bonds. The van der Waals surface area contributed by atoms with Crippen LogP contribution in [-0.4, -0.2) is 31.1 Å². The topological polar surface area (TPSA) is 84.0 Å². The molecule has 0 aliphatic carbocycles. The smallest absolute Gasteiger partial charge is 0.387 e. The molecule has 0 fully saturated rings. The molecule has 0 heterocycles. The molecule has 0 radical (unpaired) electrons. The summed E-state index contributed by atoms with van der Waals surface area (Å²) in [5.74, 6) is -0.362. The highest BCUT2D eigenvalue weighted by Gasteiger charge is 2.20. The first kappa shape index (κ1) is 22.3. The van der Waals surface area contributed by atoms with Gasteiger partial charge in [-0.1, -0.05) is 37.3 Å². The Morgan fingerprint density at radius 1 is 1.03 bits per heavy atom. The van der Waals surface area contributed by atoms with Crippen LogP contribution in [0.2, 0.25) is 0 Å². The summed E-state index contributed by atoms with van der Waals surface area (Å²) in [6, 6.07) is 15.0. The van der Waals surface area contributed by atoms with Crippen molar-refractivity contribution in [3.05, 3.63) is 65.7 Å². The van der Waals surface area contributed by atoms with Gasteiger partial charge in [0, 0.05) is 17.2 Å². The highest BCUT2D eigenvalue weighted by molar-refractivity contribution is 5.94. The molecule has 156 valence electrons. The monoisotopic (exact) mass is 406 g/mol. The zero-order valence-electron chi connectivity index (χ0n) is 16.4. The lowest BCUT2D eigenvalue weighted by Gasteiger charge is -2.17. The van der Waals surface area contributed by atoms with Crippen molar-refractivity contribution >= 4 is 11.9 Å². The first-order valence-corrected chi connectivity index (χ1v) is 9.42. The van der Waals surface area contributed by atoms with Crippen molar-refractivity contribution < 1.29 is 28.4 Å². The van der Waals surface area contributed by atoms with Crippen LogP contribution in [-0.2, 0) is 4.79 Å². The molecule has 0 saturated heterocycles. The number of hydrogen-bond acceptors (Lipinski definition) is 3. The van der Waals surface area contributed by atoms with Gasteiger partial charge in [-0.05, 0) is 37.6 Å². The lowest BCUT2D eigenvalue weighted by atomic mass is 9.98. The van der Waals surface area contributed by atoms with Gasteiger partial charge in [-0.3, -0.25) is 10.1 Å². The van der Waals surface area contributed by atoms with Crippen LogP contribution in [0, 0.1) is 0 Å². The highest BCUT2D eigenvalue weighted by atomic mass is 19.3. The molecule has 2 rings (SSSR count). The van der Waals surface area contributed by atoms with Crippen molar-refractivity contribution in [2.24, 2.45) is 0 Å². The van der Waals surface area contributed by atoms with Crippen LogP contribution >= 0.6 is 0 Å². The van der Waals surface area contributed by atoms with Crippen molar-refractivity contribution in [3.63, 3.8) is 0 Å². The third kappa shape index (κ3) is 7.50. The van der Waals surface area contributed by atoms with E-state index in [4.69, 9.17) is 0 Å². The molecule has 0 spiro atoms. The number of amides is 3. The molecule has 2 atom stereocenters. The van der Waals surface area contributed by atoms with E-state index in [1.165, 1.54) is 12.1 Å². The van der Waals surface area contributed by atoms with Gasteiger partial charge in [-0.15, -0.1) is 0 Å². The van der Waals surface area contributed by atoms with Crippen molar-refractivity contribution in [1.82, 2.24) is 10.6 Å². The standard InChI is InChI=1S/C21H25F2N3O3/c1-3-14(2)25-21(28)26-18(27)13-24-19(15-7-5-4-6-8-15)16-9-11-17(12-10-16)29-20(22)23/h4-12,14,19-20,24H,3,13H2,1-2H3,(H2,25,26,27,28)/p+1/t14-,19+/m0/s1. The molecule has 2 aromatic carbocycles. The molecular formula is C21H26F2N3O3+. The summed E-state index contributed by atoms with van der Waals surface area (Å²) in [4.78, 5) is 24.0. The summed E-state index contributed by atoms with van der Waals surface area (Å²) in [6.07, 6.45) is 0.759. The minimum Gasteiger partial charge on any atom is -0.435 e. The first-order chi connectivity index (χ1) is 13.9. The van der Waals surface area contributed by atoms with Crippen LogP contribution in [0.1, 0.15) is 37.4 Å². The number of halogens is 2. The Hall–Kier alpha value is -3.00. The fourth-order valence-electron chi connectivity index (χ4n) is 2.75. The summed E-state index contributed by atoms with van der Waals surface area (Å²) in [6.45, 7) is 0.914. The molecule has 0 aromatic heterocycles. The fraction of sp³-hybridized carbons (Fsp3) is 0.333. The summed E-state index contributed by atoms with van der Waals surface area (Å²) in [7, 11) is 0. The van der Waals surface area contributed by atoms with Crippen LogP contribution in [0.25, 0.3) is 0 Å². The number of carbonyl (C=O) groups excluding carboxylic acids is 2. The normalized spacial score (nSPS) is 12.9. The molecule has 0 saturated carbocycles. The van der Waals surface area contributed by atoms with Gasteiger partial charge in [0.25, 0.3) is 5.91 Å². The maximum Gasteiger partial charge on any atom is 0.387 e. The Kier molecular flexibility index (Phi) is 8.54. The van der Waals surface area contributed by atoms with E-state index in [2.05, 4.69) is 15.4 Å². The van der Waals surface area contributed by atoms with E-state index in [0.29, 0.717) is 0 Å². The van der Waals surface area contributed by atoms with Gasteiger partial charge in [0.1, 0.15) is 11.8 Å². The van der Waals surface area contributed by atoms with Crippen LogP contribution in [0.15, 0.2) is 54.6 Å². The van der Waals surface area contributed by atoms with E-state index < -0.39 is 18.5 Å². The number of rotatable bonds is 9. The number of ether oxygens (including phenoxy) is 1. The summed E-state index contributed by atoms with van der Waals surface area (Å²) in [5, 5.41) is 6.77. The van der Waals surface area contributed by atoms with Crippen LogP contribution < -0.4 is 20.7 Å². The Balaban J connectivity index is 2.06. The molecule has 0 unspecified atom stereocenters. The maximum atomic E-state index is 12.4. The van der Waals surface area contributed by atoms with Crippen molar-refractivity contribution in [1.29, 1.82) is 0 Å². The largest absolute Gasteiger partial charge is 0.435 e. The second-order valence-corrected chi connectivity index (χ2v) is 6.61. The molecule has 0 bridgehead atoms. The molecule has 0 aliphatic rings. The maximum absolute atomic E-state index is 12.4. The van der Waals surface area contributed by atoms with Crippen LogP contribution in [0.3, 0.4) is 0 Å². The Morgan fingerprint density at radius 2 is 1.66 bits per heavy atom. The summed E-state index contributed by atoms with van der Waals surface area (Å²) in [5.41, 5.74) is 1.75. The zero-order chi connectivity index (χ0) is 21.2. The van der Waals surface area contributed by atoms with Gasteiger partial charge >= 0.3 is 12.6 Å². The van der Waals surface area contributed by atoms with Gasteiger partial charge in [-0.25, -0.2) is 4.79 Å². The Bertz CT molecular complexity index is 786. The van der Waals surface area contributed by atoms with Gasteiger partial charge in [-0.2, -0.15) is 8.78 Å². The average molecular weight is 406 g/mol. The summed E-state index contributed by atoms with van der Waals surface area (Å²) >= 11 is 0. The van der Waals surface area contributed by atoms with Crippen LogP contribution in [0.5, 0.6) is 5.75 Å². The van der Waals surface area contributed by atoms with Gasteiger partial charge in [0.15, 0.2) is 6.54 Å². The number of benzene rings is 2. The van der Waals surface area contributed by atoms with E-state index in [1.807, 2.05) is 44.2 Å². The number of nitrogens with two attached hydrogens (primary N) is 1. The number of carbonyl (C=O) groups is 2. The van der Waals surface area contributed by atoms with E-state index in [1.54, 1.807) is 17.4 Å². The lowest BCUT2D eigenvalue weighted by Crippen LogP contribution is -2.88. The number of urea groups is 1. The van der Waals surface area contributed by atoms with Crippen molar-refractivity contribution in [2.45, 2.75) is 39.0 Å². The molecular weight excluding hydrogens is 380 g/mol. The molecule has 8 heteroatoms. The van der Waals surface area contributed by atoms with Gasteiger partial charge in [0.2, 0.25) is 0 Å². The van der Waals surface area contributed by atoms with E-state index in [9.17, 15) is 18.4 Å². The summed E-state index contributed by atoms with van der Waals surface area (Å²) < 4.78 is 29.1. The fourth-order valence-corrected chi connectivity index (χ4v) is 2.75. The number of imide groups is 1. The van der Waals surface area contributed by atoms with Crippen molar-refractivity contribution in [2.75, 3.05) is 6.54 Å². The quantitative estimate of drug-likeness (QED) is 0.599. The van der Waals surface area contributed by atoms with E-state index in [-0.39, 0.29) is 24.4 Å². The second-order valence-electron chi connectivity index (χ2n) is 6.61. The SMILES string of the molecule is CC[C@H](C)NC(=O)NC(=O)C[NH2+][C@H](c1ccccc1)c1ccc(OC(F)F)cc1. The average Bonchev–Trinajstić information content (AvgIpc) is 2.69. The Labute approximate surface area is 168 Å². The van der Waals surface area contributed by atoms with E-state index >= 15 is 0 Å². The Morgan fingerprint density at radius 3 is 2.24 bits per heavy atom. The van der Waals surface area contributed by atoms with Crippen LogP contribution in [0.4, 0.5) is 13.6 Å². The predicted molar refractivity (Wildman–Crippen MR) is 105 cm³/mol. The molecule has 29 heavy (non-hydrogen) atoms. The molecule has 0 aliphatic heterocycles. The minimum absolute atomic E-state index is 0.0166. The highest BCUT2D eigenvalue weighted by Crippen LogP contribution is 2.22. The third-order valence-corrected chi connectivity index (χ3v) is 4.40. The van der Waals surface area contributed by atoms with E-state index in [0.717, 1.165) is 17.5 Å². The number of alkyl halides is 2. The lowest BCUT2D eigenvalue weighted by molar-refractivity contribution is -0.676. The third-order valence-electron chi connectivity index (χ3n) is 4.40. The predicted octanol–water partition coefficient (Wildman–Crippen LogP) is 2.57. The minimum atomic E-state index is -2.89. The molecule has 2 aromatic rings. The van der Waals surface area contributed by atoms with Crippen molar-refractivity contribution in [3.8, 4) is 5.75 Å².